The summed E-state index contributed by atoms with van der Waals surface area (Å²) < 4.78 is 33.4. The Kier molecular flexibility index (Phi) is 8.39. The SMILES string of the molecule is C=CCON(C1CN(C(=O)OC(C)(C)C)CC=C1C(C)C)S(=O)(=O)c1ccc([N+](=O)[O-])cc1. The summed E-state index contributed by atoms with van der Waals surface area (Å²) >= 11 is 0. The van der Waals surface area contributed by atoms with Crippen molar-refractivity contribution in [2.75, 3.05) is 19.7 Å². The zero-order chi connectivity index (χ0) is 25.0. The molecular formula is C22H31N3O7S. The van der Waals surface area contributed by atoms with E-state index in [0.717, 1.165) is 34.3 Å². The molecule has 0 saturated heterocycles. The van der Waals surface area contributed by atoms with Crippen molar-refractivity contribution in [3.63, 3.8) is 0 Å². The van der Waals surface area contributed by atoms with E-state index in [9.17, 15) is 23.3 Å². The predicted molar refractivity (Wildman–Crippen MR) is 123 cm³/mol. The molecule has 1 aromatic carbocycles. The van der Waals surface area contributed by atoms with Crippen molar-refractivity contribution < 1.29 is 27.7 Å². The Labute approximate surface area is 194 Å². The molecule has 0 spiro atoms. The third kappa shape index (κ3) is 6.62. The first-order chi connectivity index (χ1) is 15.3. The van der Waals surface area contributed by atoms with Gasteiger partial charge in [0.25, 0.3) is 15.7 Å². The van der Waals surface area contributed by atoms with Crippen molar-refractivity contribution >= 4 is 21.8 Å². The summed E-state index contributed by atoms with van der Waals surface area (Å²) in [4.78, 5) is 29.9. The number of amides is 1. The van der Waals surface area contributed by atoms with Gasteiger partial charge in [0.15, 0.2) is 0 Å². The molecular weight excluding hydrogens is 450 g/mol. The zero-order valence-corrected chi connectivity index (χ0v) is 20.4. The van der Waals surface area contributed by atoms with E-state index in [4.69, 9.17) is 9.57 Å². The maximum atomic E-state index is 13.5. The molecule has 1 heterocycles. The smallest absolute Gasteiger partial charge is 0.410 e. The molecule has 0 N–H and O–H groups in total. The van der Waals surface area contributed by atoms with E-state index in [1.807, 2.05) is 13.8 Å². The first kappa shape index (κ1) is 26.5. The Balaban J connectivity index is 2.48. The van der Waals surface area contributed by atoms with E-state index in [1.165, 1.54) is 11.0 Å². The van der Waals surface area contributed by atoms with Gasteiger partial charge in [0, 0.05) is 25.2 Å². The van der Waals surface area contributed by atoms with Crippen LogP contribution in [0.15, 0.2) is 53.5 Å². The summed E-state index contributed by atoms with van der Waals surface area (Å²) in [5.74, 6) is -0.0299. The summed E-state index contributed by atoms with van der Waals surface area (Å²) in [6.45, 7) is 12.9. The number of nitrogens with zero attached hydrogens (tertiary/aromatic N) is 3. The number of carbonyl (C=O) groups is 1. The fourth-order valence-electron chi connectivity index (χ4n) is 3.32. The fraction of sp³-hybridized carbons (Fsp3) is 0.500. The molecule has 2 rings (SSSR count). The molecule has 182 valence electrons. The maximum Gasteiger partial charge on any atom is 0.410 e. The number of nitro benzene ring substituents is 1. The summed E-state index contributed by atoms with van der Waals surface area (Å²) in [5.41, 5.74) is -0.160. The van der Waals surface area contributed by atoms with Gasteiger partial charge < -0.3 is 9.64 Å². The number of rotatable bonds is 8. The quantitative estimate of drug-likeness (QED) is 0.314. The van der Waals surface area contributed by atoms with Gasteiger partial charge >= 0.3 is 6.09 Å². The third-order valence-corrected chi connectivity index (χ3v) is 6.50. The van der Waals surface area contributed by atoms with Gasteiger partial charge in [-0.2, -0.15) is 0 Å². The molecule has 1 amide bonds. The van der Waals surface area contributed by atoms with Crippen LogP contribution in [0, 0.1) is 16.0 Å². The Hall–Kier alpha value is -2.76. The van der Waals surface area contributed by atoms with Crippen molar-refractivity contribution in [3.8, 4) is 0 Å². The molecule has 11 heteroatoms. The summed E-state index contributed by atoms with van der Waals surface area (Å²) in [7, 11) is -4.24. The number of sulfonamides is 1. The van der Waals surface area contributed by atoms with Crippen LogP contribution in [0.5, 0.6) is 0 Å². The number of nitro groups is 1. The van der Waals surface area contributed by atoms with Crippen molar-refractivity contribution in [2.24, 2.45) is 5.92 Å². The second kappa shape index (κ2) is 10.4. The van der Waals surface area contributed by atoms with Crippen LogP contribution in [0.1, 0.15) is 34.6 Å². The van der Waals surface area contributed by atoms with Crippen molar-refractivity contribution in [2.45, 2.75) is 51.2 Å². The number of carbonyl (C=O) groups excluding carboxylic acids is 1. The monoisotopic (exact) mass is 481 g/mol. The molecule has 0 radical (unpaired) electrons. The normalized spacial score (nSPS) is 17.1. The van der Waals surface area contributed by atoms with Gasteiger partial charge in [0.2, 0.25) is 0 Å². The topological polar surface area (TPSA) is 119 Å². The lowest BCUT2D eigenvalue weighted by Crippen LogP contribution is -2.53. The first-order valence-electron chi connectivity index (χ1n) is 10.5. The van der Waals surface area contributed by atoms with Gasteiger partial charge in [-0.15, -0.1) is 6.58 Å². The van der Waals surface area contributed by atoms with Gasteiger partial charge in [-0.05, 0) is 44.4 Å². The third-order valence-electron chi connectivity index (χ3n) is 4.80. The molecule has 1 aliphatic rings. The van der Waals surface area contributed by atoms with Crippen LogP contribution in [-0.2, 0) is 19.6 Å². The Morgan fingerprint density at radius 2 is 1.94 bits per heavy atom. The number of ether oxygens (including phenoxy) is 1. The van der Waals surface area contributed by atoms with E-state index in [-0.39, 0.29) is 36.2 Å². The maximum absolute atomic E-state index is 13.5. The predicted octanol–water partition coefficient (Wildman–Crippen LogP) is 3.90. The highest BCUT2D eigenvalue weighted by molar-refractivity contribution is 7.89. The highest BCUT2D eigenvalue weighted by atomic mass is 32.2. The highest BCUT2D eigenvalue weighted by Gasteiger charge is 2.40. The van der Waals surface area contributed by atoms with E-state index < -0.39 is 32.7 Å². The largest absolute Gasteiger partial charge is 0.444 e. The summed E-state index contributed by atoms with van der Waals surface area (Å²) in [6.07, 6.45) is 2.65. The van der Waals surface area contributed by atoms with E-state index in [2.05, 4.69) is 6.58 Å². The molecule has 1 unspecified atom stereocenters. The second-order valence-corrected chi connectivity index (χ2v) is 10.6. The molecule has 0 saturated carbocycles. The summed E-state index contributed by atoms with van der Waals surface area (Å²) in [6, 6.07) is 3.72. The molecule has 33 heavy (non-hydrogen) atoms. The number of hydrogen-bond acceptors (Lipinski definition) is 7. The molecule has 0 aromatic heterocycles. The first-order valence-corrected chi connectivity index (χ1v) is 11.9. The van der Waals surface area contributed by atoms with Gasteiger partial charge in [0.05, 0.1) is 22.5 Å². The van der Waals surface area contributed by atoms with Crippen LogP contribution in [-0.4, -0.2) is 60.1 Å². The standard InChI is InChI=1S/C22H31N3O7S/c1-7-14-31-25(33(29,30)18-10-8-17(9-11-18)24(27)28)20-15-23(13-12-19(20)16(2)3)21(26)32-22(4,5)6/h7-12,16,20H,1,13-15H2,2-6H3. The van der Waals surface area contributed by atoms with E-state index in [0.29, 0.717) is 0 Å². The number of hydroxylamine groups is 1. The van der Waals surface area contributed by atoms with Gasteiger partial charge in [-0.1, -0.05) is 30.5 Å². The Bertz CT molecular complexity index is 1010. The minimum atomic E-state index is -4.24. The molecule has 0 aliphatic carbocycles. The summed E-state index contributed by atoms with van der Waals surface area (Å²) in [5, 5.41) is 11.0. The molecule has 0 bridgehead atoms. The molecule has 1 aromatic rings. The number of benzene rings is 1. The Morgan fingerprint density at radius 3 is 2.42 bits per heavy atom. The van der Waals surface area contributed by atoms with Crippen LogP contribution < -0.4 is 0 Å². The zero-order valence-electron chi connectivity index (χ0n) is 19.6. The Morgan fingerprint density at radius 1 is 1.33 bits per heavy atom. The number of hydrogen-bond donors (Lipinski definition) is 0. The van der Waals surface area contributed by atoms with Gasteiger partial charge in [-0.25, -0.2) is 13.2 Å². The van der Waals surface area contributed by atoms with Crippen LogP contribution in [0.4, 0.5) is 10.5 Å². The van der Waals surface area contributed by atoms with E-state index in [1.54, 1.807) is 26.8 Å². The molecule has 1 atom stereocenters. The average Bonchev–Trinajstić information content (AvgIpc) is 2.72. The van der Waals surface area contributed by atoms with Gasteiger partial charge in [-0.3, -0.25) is 15.0 Å². The van der Waals surface area contributed by atoms with Crippen LogP contribution in [0.2, 0.25) is 0 Å². The van der Waals surface area contributed by atoms with Gasteiger partial charge in [0.1, 0.15) is 5.60 Å². The lowest BCUT2D eigenvalue weighted by molar-refractivity contribution is -0.384. The second-order valence-electron chi connectivity index (χ2n) is 8.86. The average molecular weight is 482 g/mol. The van der Waals surface area contributed by atoms with Crippen LogP contribution in [0.25, 0.3) is 0 Å². The number of non-ortho nitro benzene ring substituents is 1. The van der Waals surface area contributed by atoms with Crippen molar-refractivity contribution in [3.05, 3.63) is 58.7 Å². The molecule has 1 aliphatic heterocycles. The molecule has 10 nitrogen and oxygen atoms in total. The van der Waals surface area contributed by atoms with Crippen LogP contribution in [0.3, 0.4) is 0 Å². The fourth-order valence-corrected chi connectivity index (χ4v) is 4.73. The van der Waals surface area contributed by atoms with Crippen molar-refractivity contribution in [1.82, 2.24) is 9.37 Å². The lowest BCUT2D eigenvalue weighted by atomic mass is 9.93. The minimum Gasteiger partial charge on any atom is -0.444 e. The lowest BCUT2D eigenvalue weighted by Gasteiger charge is -2.39. The van der Waals surface area contributed by atoms with Crippen molar-refractivity contribution in [1.29, 1.82) is 0 Å². The van der Waals surface area contributed by atoms with Crippen LogP contribution >= 0.6 is 0 Å². The molecule has 0 fully saturated rings. The minimum absolute atomic E-state index is 0.0162. The van der Waals surface area contributed by atoms with E-state index >= 15 is 0 Å². The highest BCUT2D eigenvalue weighted by Crippen LogP contribution is 2.30.